The Balaban J connectivity index is 1.74. The van der Waals surface area contributed by atoms with Gasteiger partial charge in [-0.1, -0.05) is 74.4 Å². The third-order valence-corrected chi connectivity index (χ3v) is 7.51. The van der Waals surface area contributed by atoms with Gasteiger partial charge in [0.15, 0.2) is 0 Å². The smallest absolute Gasteiger partial charge is 0.336 e. The first-order valence-electron chi connectivity index (χ1n) is 14.3. The van der Waals surface area contributed by atoms with Gasteiger partial charge in [0.2, 0.25) is 0 Å². The van der Waals surface area contributed by atoms with E-state index in [1.54, 1.807) is 18.2 Å². The first kappa shape index (κ1) is 31.4. The third-order valence-electron chi connectivity index (χ3n) is 7.27. The lowest BCUT2D eigenvalue weighted by Gasteiger charge is -2.22. The van der Waals surface area contributed by atoms with Crippen molar-refractivity contribution in [3.63, 3.8) is 0 Å². The number of benzene rings is 3. The van der Waals surface area contributed by atoms with Gasteiger partial charge in [-0.05, 0) is 79.8 Å². The second kappa shape index (κ2) is 14.1. The van der Waals surface area contributed by atoms with Gasteiger partial charge in [-0.3, -0.25) is 4.79 Å². The summed E-state index contributed by atoms with van der Waals surface area (Å²) in [6, 6.07) is 14.2. The average Bonchev–Trinajstić information content (AvgIpc) is 3.36. The van der Waals surface area contributed by atoms with Crippen LogP contribution in [0, 0.1) is 12.7 Å². The first-order valence-corrected chi connectivity index (χ1v) is 14.7. The summed E-state index contributed by atoms with van der Waals surface area (Å²) in [6.07, 6.45) is 9.73. The molecule has 43 heavy (non-hydrogen) atoms. The number of aromatic nitrogens is 2. The molecule has 0 saturated carbocycles. The van der Waals surface area contributed by atoms with Crippen molar-refractivity contribution in [2.45, 2.75) is 53.0 Å². The van der Waals surface area contributed by atoms with E-state index in [-0.39, 0.29) is 28.3 Å². The Morgan fingerprint density at radius 1 is 1.09 bits per heavy atom. The van der Waals surface area contributed by atoms with E-state index < -0.39 is 17.7 Å². The number of nitrogens with zero attached hydrogens (tertiary/aromatic N) is 1. The maximum absolute atomic E-state index is 15.5. The SMILES string of the molecule is C/C=C\C=C/c1nc(-c2cccc(F)c2-c2ccc(C(=O)NC(CCC)c3ccc(Cl)cc3CC)cc2C(=O)O)[nH]c1C. The molecule has 4 rings (SSSR count). The Bertz CT molecular complexity index is 1710. The van der Waals surface area contributed by atoms with Crippen molar-refractivity contribution in [2.75, 3.05) is 0 Å². The monoisotopic (exact) mass is 599 g/mol. The van der Waals surface area contributed by atoms with Crippen molar-refractivity contribution < 1.29 is 19.1 Å². The van der Waals surface area contributed by atoms with Crippen molar-refractivity contribution in [3.8, 4) is 22.5 Å². The molecule has 0 radical (unpaired) electrons. The average molecular weight is 600 g/mol. The molecule has 0 fully saturated rings. The number of carbonyl (C=O) groups excluding carboxylic acids is 1. The molecule has 1 heterocycles. The first-order chi connectivity index (χ1) is 20.7. The van der Waals surface area contributed by atoms with Crippen molar-refractivity contribution >= 4 is 29.6 Å². The van der Waals surface area contributed by atoms with E-state index in [0.29, 0.717) is 28.5 Å². The molecular weight excluding hydrogens is 565 g/mol. The van der Waals surface area contributed by atoms with Gasteiger partial charge in [-0.2, -0.15) is 0 Å². The highest BCUT2D eigenvalue weighted by molar-refractivity contribution is 6.30. The number of H-pyrrole nitrogens is 1. The summed E-state index contributed by atoms with van der Waals surface area (Å²) in [5, 5.41) is 13.9. The zero-order chi connectivity index (χ0) is 31.1. The van der Waals surface area contributed by atoms with Gasteiger partial charge in [0.1, 0.15) is 11.6 Å². The van der Waals surface area contributed by atoms with E-state index in [9.17, 15) is 14.7 Å². The Hall–Kier alpha value is -4.49. The van der Waals surface area contributed by atoms with Gasteiger partial charge in [0.25, 0.3) is 5.91 Å². The minimum Gasteiger partial charge on any atom is -0.478 e. The summed E-state index contributed by atoms with van der Waals surface area (Å²) < 4.78 is 15.5. The molecule has 6 nitrogen and oxygen atoms in total. The number of aromatic carboxylic acids is 1. The number of nitrogens with one attached hydrogen (secondary N) is 2. The van der Waals surface area contributed by atoms with E-state index >= 15 is 4.39 Å². The molecule has 0 aliphatic carbocycles. The summed E-state index contributed by atoms with van der Waals surface area (Å²) in [7, 11) is 0. The molecule has 0 bridgehead atoms. The number of allylic oxidation sites excluding steroid dienone is 3. The van der Waals surface area contributed by atoms with Crippen LogP contribution in [0.15, 0.2) is 72.8 Å². The number of carboxylic acids is 1. The van der Waals surface area contributed by atoms with Crippen molar-refractivity contribution in [2.24, 2.45) is 0 Å². The number of hydrogen-bond acceptors (Lipinski definition) is 3. The number of carboxylic acid groups (broad SMARTS) is 1. The predicted octanol–water partition coefficient (Wildman–Crippen LogP) is 8.97. The molecule has 1 atom stereocenters. The largest absolute Gasteiger partial charge is 0.478 e. The molecule has 0 aliphatic heterocycles. The number of rotatable bonds is 11. The zero-order valence-electron chi connectivity index (χ0n) is 24.7. The van der Waals surface area contributed by atoms with E-state index in [4.69, 9.17) is 11.6 Å². The van der Waals surface area contributed by atoms with Crippen LogP contribution in [0.25, 0.3) is 28.6 Å². The van der Waals surface area contributed by atoms with E-state index in [0.717, 1.165) is 29.7 Å². The van der Waals surface area contributed by atoms with E-state index in [2.05, 4.69) is 15.3 Å². The molecular formula is C35H35ClFN3O3. The number of halogens is 2. The zero-order valence-corrected chi connectivity index (χ0v) is 25.4. The minimum atomic E-state index is -1.28. The third kappa shape index (κ3) is 7.12. The molecule has 1 unspecified atom stereocenters. The Labute approximate surface area is 256 Å². The Morgan fingerprint density at radius 3 is 2.58 bits per heavy atom. The van der Waals surface area contributed by atoms with Crippen LogP contribution in [0.3, 0.4) is 0 Å². The molecule has 222 valence electrons. The number of aromatic amines is 1. The lowest BCUT2D eigenvalue weighted by Crippen LogP contribution is -2.29. The standard InChI is InChI=1S/C35H35ClFN3O3/c1-5-8-9-14-30-21(4)38-33(39-30)27-12-10-13-29(37)32(27)26-17-15-23(20-28(26)35(42)43)34(41)40-31(11-6-2)25-18-16-24(36)19-22(25)7-3/h5,8-10,12-20,31H,6-7,11H2,1-4H3,(H,38,39)(H,40,41)(H,42,43)/b8-5-,14-9-. The summed E-state index contributed by atoms with van der Waals surface area (Å²) >= 11 is 6.21. The fourth-order valence-corrected chi connectivity index (χ4v) is 5.35. The fourth-order valence-electron chi connectivity index (χ4n) is 5.15. The number of aryl methyl sites for hydroxylation is 2. The molecule has 0 saturated heterocycles. The summed E-state index contributed by atoms with van der Waals surface area (Å²) in [5.74, 6) is -1.89. The second-order valence-corrected chi connectivity index (χ2v) is 10.7. The fraction of sp³-hybridized carbons (Fsp3) is 0.229. The highest BCUT2D eigenvalue weighted by Crippen LogP contribution is 2.36. The molecule has 0 aliphatic rings. The number of carbonyl (C=O) groups is 2. The molecule has 1 aromatic heterocycles. The summed E-state index contributed by atoms with van der Waals surface area (Å²) in [6.45, 7) is 7.83. The van der Waals surface area contributed by atoms with Crippen LogP contribution in [0.2, 0.25) is 5.02 Å². The maximum atomic E-state index is 15.5. The molecule has 3 N–H and O–H groups in total. The van der Waals surface area contributed by atoms with Gasteiger partial charge in [-0.25, -0.2) is 14.2 Å². The predicted molar refractivity (Wildman–Crippen MR) is 171 cm³/mol. The number of hydrogen-bond donors (Lipinski definition) is 3. The van der Waals surface area contributed by atoms with Crippen molar-refractivity contribution in [1.82, 2.24) is 15.3 Å². The van der Waals surface area contributed by atoms with Crippen LogP contribution in [-0.2, 0) is 6.42 Å². The quantitative estimate of drug-likeness (QED) is 0.150. The van der Waals surface area contributed by atoms with Crippen molar-refractivity contribution in [1.29, 1.82) is 0 Å². The van der Waals surface area contributed by atoms with E-state index in [1.807, 2.05) is 64.1 Å². The summed E-state index contributed by atoms with van der Waals surface area (Å²) in [5.41, 5.74) is 4.09. The van der Waals surface area contributed by atoms with Crippen LogP contribution in [-0.4, -0.2) is 27.0 Å². The lowest BCUT2D eigenvalue weighted by atomic mass is 9.92. The van der Waals surface area contributed by atoms with Crippen molar-refractivity contribution in [3.05, 3.63) is 117 Å². The number of imidazole rings is 1. The molecule has 8 heteroatoms. The number of amides is 1. The second-order valence-electron chi connectivity index (χ2n) is 10.2. The normalized spacial score (nSPS) is 12.2. The topological polar surface area (TPSA) is 95.1 Å². The van der Waals surface area contributed by atoms with Gasteiger partial charge in [0, 0.05) is 27.4 Å². The molecule has 1 amide bonds. The molecule has 3 aromatic carbocycles. The van der Waals surface area contributed by atoms with Crippen LogP contribution < -0.4 is 5.32 Å². The van der Waals surface area contributed by atoms with Gasteiger partial charge >= 0.3 is 5.97 Å². The maximum Gasteiger partial charge on any atom is 0.336 e. The van der Waals surface area contributed by atoms with Crippen LogP contribution in [0.4, 0.5) is 4.39 Å². The molecule has 0 spiro atoms. The Morgan fingerprint density at radius 2 is 1.88 bits per heavy atom. The highest BCUT2D eigenvalue weighted by atomic mass is 35.5. The van der Waals surface area contributed by atoms with Gasteiger partial charge < -0.3 is 15.4 Å². The van der Waals surface area contributed by atoms with Crippen LogP contribution in [0.1, 0.15) is 82.9 Å². The summed E-state index contributed by atoms with van der Waals surface area (Å²) in [4.78, 5) is 33.8. The minimum absolute atomic E-state index is 0.0854. The van der Waals surface area contributed by atoms with Gasteiger partial charge in [0.05, 0.1) is 17.3 Å². The highest BCUT2D eigenvalue weighted by Gasteiger charge is 2.24. The van der Waals surface area contributed by atoms with E-state index in [1.165, 1.54) is 24.3 Å². The Kier molecular flexibility index (Phi) is 10.3. The van der Waals surface area contributed by atoms with Crippen LogP contribution in [0.5, 0.6) is 0 Å². The molecule has 4 aromatic rings. The lowest BCUT2D eigenvalue weighted by molar-refractivity contribution is 0.0697. The van der Waals surface area contributed by atoms with Gasteiger partial charge in [-0.15, -0.1) is 0 Å². The van der Waals surface area contributed by atoms with Crippen LogP contribution >= 0.6 is 11.6 Å².